The molecule has 7 heteroatoms. The number of carbonyl (C=O) groups is 1. The number of aromatic hydroxyl groups is 1. The van der Waals surface area contributed by atoms with Gasteiger partial charge in [-0.25, -0.2) is 0 Å². The Morgan fingerprint density at radius 3 is 2.29 bits per heavy atom. The number of methoxy groups -OCH3 is 1. The van der Waals surface area contributed by atoms with Gasteiger partial charge in [0.15, 0.2) is 17.8 Å². The van der Waals surface area contributed by atoms with Crippen LogP contribution in [-0.2, 0) is 9.31 Å². The van der Waals surface area contributed by atoms with Gasteiger partial charge in [-0.1, -0.05) is 6.08 Å². The van der Waals surface area contributed by atoms with Crippen molar-refractivity contribution >= 4 is 19.5 Å². The normalized spacial score (nSPS) is 19.4. The third-order valence-corrected chi connectivity index (χ3v) is 4.63. The van der Waals surface area contributed by atoms with E-state index in [0.29, 0.717) is 11.8 Å². The zero-order valence-electron chi connectivity index (χ0n) is 14.6. The van der Waals surface area contributed by atoms with Crippen LogP contribution in [0, 0.1) is 0 Å². The maximum absolute atomic E-state index is 11.3. The molecule has 0 radical (unpaired) electrons. The fourth-order valence-corrected chi connectivity index (χ4v) is 2.39. The number of rotatable bonds is 5. The average molecular weight is 334 g/mol. The number of phenolic OH excluding ortho intramolecular Hbond substituents is 1. The molecule has 0 saturated carbocycles. The van der Waals surface area contributed by atoms with Crippen molar-refractivity contribution in [3.05, 3.63) is 28.7 Å². The average Bonchev–Trinajstić information content (AvgIpc) is 2.73. The molecule has 2 N–H and O–H groups in total. The highest BCUT2D eigenvalue weighted by Gasteiger charge is 2.52. The molecule has 0 aromatic heterocycles. The number of hydrogen-bond acceptors (Lipinski definition) is 6. The number of ether oxygens (including phenoxy) is 1. The smallest absolute Gasteiger partial charge is 0.492 e. The van der Waals surface area contributed by atoms with Crippen LogP contribution in [0.25, 0.3) is 6.08 Å². The van der Waals surface area contributed by atoms with E-state index in [1.807, 2.05) is 27.7 Å². The van der Waals surface area contributed by atoms with E-state index in [-0.39, 0.29) is 29.2 Å². The molecule has 130 valence electrons. The van der Waals surface area contributed by atoms with Crippen molar-refractivity contribution in [1.82, 2.24) is 0 Å². The lowest BCUT2D eigenvalue weighted by atomic mass is 9.77. The second-order valence-corrected chi connectivity index (χ2v) is 6.70. The first-order chi connectivity index (χ1) is 11.2. The third kappa shape index (κ3) is 3.20. The number of aliphatic hydroxyl groups is 1. The maximum atomic E-state index is 11.3. The molecule has 1 saturated heterocycles. The van der Waals surface area contributed by atoms with Crippen LogP contribution >= 0.6 is 0 Å². The number of hydrogen-bond donors (Lipinski definition) is 2. The first-order valence-corrected chi connectivity index (χ1v) is 7.69. The van der Waals surface area contributed by atoms with E-state index in [1.54, 1.807) is 0 Å². The zero-order chi connectivity index (χ0) is 18.1. The molecule has 0 bridgehead atoms. The van der Waals surface area contributed by atoms with E-state index in [2.05, 4.69) is 0 Å². The van der Waals surface area contributed by atoms with Crippen molar-refractivity contribution in [3.8, 4) is 11.5 Å². The Hall–Kier alpha value is -1.83. The van der Waals surface area contributed by atoms with Crippen LogP contribution in [0.5, 0.6) is 11.5 Å². The number of aldehydes is 1. The lowest BCUT2D eigenvalue weighted by Gasteiger charge is -2.32. The van der Waals surface area contributed by atoms with Crippen LogP contribution in [0.3, 0.4) is 0 Å². The molecule has 1 fully saturated rings. The summed E-state index contributed by atoms with van der Waals surface area (Å²) in [6.45, 7) is 7.28. The van der Waals surface area contributed by atoms with Gasteiger partial charge < -0.3 is 24.3 Å². The molecule has 24 heavy (non-hydrogen) atoms. The topological polar surface area (TPSA) is 85.2 Å². The number of benzene rings is 1. The summed E-state index contributed by atoms with van der Waals surface area (Å²) in [7, 11) is 0.648. The molecule has 0 aliphatic carbocycles. The van der Waals surface area contributed by atoms with Gasteiger partial charge in [0.1, 0.15) is 0 Å². The number of aliphatic hydroxyl groups excluding tert-OH is 1. The van der Waals surface area contributed by atoms with Gasteiger partial charge in [-0.3, -0.25) is 4.79 Å². The fourth-order valence-electron chi connectivity index (χ4n) is 2.39. The standard InChI is InChI=1S/C17H23BO6/c1-16(2)17(3,4)24-18(23-16)12(10-20)8-13-11(9-19)6-7-14(22-5)15(13)21/h6-9,20-21H,10H2,1-5H3. The molecule has 1 aliphatic heterocycles. The highest BCUT2D eigenvalue weighted by atomic mass is 16.7. The van der Waals surface area contributed by atoms with Crippen LogP contribution in [0.4, 0.5) is 0 Å². The monoisotopic (exact) mass is 334 g/mol. The SMILES string of the molecule is COc1ccc(C=O)c(C=C(CO)B2OC(C)(C)C(C)(C)O2)c1O. The van der Waals surface area contributed by atoms with E-state index in [4.69, 9.17) is 14.0 Å². The van der Waals surface area contributed by atoms with Crippen LogP contribution in [0.1, 0.15) is 43.6 Å². The van der Waals surface area contributed by atoms with Crippen LogP contribution in [0.15, 0.2) is 17.6 Å². The highest BCUT2D eigenvalue weighted by Crippen LogP contribution is 2.40. The minimum Gasteiger partial charge on any atom is -0.504 e. The van der Waals surface area contributed by atoms with Crippen molar-refractivity contribution in [3.63, 3.8) is 0 Å². The van der Waals surface area contributed by atoms with Gasteiger partial charge in [0.2, 0.25) is 0 Å². The van der Waals surface area contributed by atoms with Crippen molar-refractivity contribution < 1.29 is 29.1 Å². The molecule has 1 heterocycles. The third-order valence-electron chi connectivity index (χ3n) is 4.63. The van der Waals surface area contributed by atoms with Gasteiger partial charge in [-0.2, -0.15) is 0 Å². The largest absolute Gasteiger partial charge is 0.504 e. The first kappa shape index (κ1) is 18.5. The van der Waals surface area contributed by atoms with Crippen molar-refractivity contribution in [1.29, 1.82) is 0 Å². The van der Waals surface area contributed by atoms with Gasteiger partial charge in [0, 0.05) is 11.1 Å². The first-order valence-electron chi connectivity index (χ1n) is 7.69. The minimum absolute atomic E-state index is 0.176. The molecule has 6 nitrogen and oxygen atoms in total. The Labute approximate surface area is 142 Å². The van der Waals surface area contributed by atoms with Crippen molar-refractivity contribution in [2.45, 2.75) is 38.9 Å². The molecule has 2 rings (SSSR count). The summed E-state index contributed by atoms with van der Waals surface area (Å²) in [6.07, 6.45) is 2.13. The molecular formula is C17H23BO6. The molecule has 0 spiro atoms. The quantitative estimate of drug-likeness (QED) is 0.634. The van der Waals surface area contributed by atoms with E-state index in [0.717, 1.165) is 0 Å². The van der Waals surface area contributed by atoms with Crippen molar-refractivity contribution in [2.24, 2.45) is 0 Å². The number of carbonyl (C=O) groups excluding carboxylic acids is 1. The minimum atomic E-state index is -0.773. The van der Waals surface area contributed by atoms with E-state index in [9.17, 15) is 15.0 Å². The second kappa shape index (κ2) is 6.59. The molecule has 0 atom stereocenters. The van der Waals surface area contributed by atoms with E-state index in [1.165, 1.54) is 25.3 Å². The van der Waals surface area contributed by atoms with Gasteiger partial charge in [0.25, 0.3) is 0 Å². The Kier molecular flexibility index (Phi) is 5.08. The summed E-state index contributed by atoms with van der Waals surface area (Å²) < 4.78 is 16.9. The van der Waals surface area contributed by atoms with Crippen LogP contribution in [0.2, 0.25) is 0 Å². The van der Waals surface area contributed by atoms with Gasteiger partial charge in [-0.05, 0) is 45.3 Å². The van der Waals surface area contributed by atoms with Crippen LogP contribution in [-0.4, -0.2) is 48.5 Å². The summed E-state index contributed by atoms with van der Waals surface area (Å²) >= 11 is 0. The second-order valence-electron chi connectivity index (χ2n) is 6.70. The molecule has 0 unspecified atom stereocenters. The molecular weight excluding hydrogens is 311 g/mol. The maximum Gasteiger partial charge on any atom is 0.492 e. The number of phenols is 1. The predicted octanol–water partition coefficient (Wildman–Crippen LogP) is 2.22. The molecule has 1 aliphatic rings. The summed E-state index contributed by atoms with van der Waals surface area (Å²) in [6, 6.07) is 3.04. The Bertz CT molecular complexity index is 649. The van der Waals surface area contributed by atoms with Gasteiger partial charge >= 0.3 is 7.12 Å². The van der Waals surface area contributed by atoms with Gasteiger partial charge in [-0.15, -0.1) is 0 Å². The summed E-state index contributed by atoms with van der Waals surface area (Å²) in [5, 5.41) is 20.0. The molecule has 0 amide bonds. The summed E-state index contributed by atoms with van der Waals surface area (Å²) in [5.74, 6) is 0.0580. The fraction of sp³-hybridized carbons (Fsp3) is 0.471. The Balaban J connectivity index is 2.47. The Morgan fingerprint density at radius 1 is 1.25 bits per heavy atom. The van der Waals surface area contributed by atoms with Crippen LogP contribution < -0.4 is 4.74 Å². The lowest BCUT2D eigenvalue weighted by molar-refractivity contribution is 0.00578. The Morgan fingerprint density at radius 2 is 1.83 bits per heavy atom. The molecule has 1 aromatic rings. The van der Waals surface area contributed by atoms with E-state index < -0.39 is 18.3 Å². The zero-order valence-corrected chi connectivity index (χ0v) is 14.6. The van der Waals surface area contributed by atoms with Crippen molar-refractivity contribution in [2.75, 3.05) is 13.7 Å². The molecule has 1 aromatic carbocycles. The van der Waals surface area contributed by atoms with Gasteiger partial charge in [0.05, 0.1) is 24.9 Å². The lowest BCUT2D eigenvalue weighted by Crippen LogP contribution is -2.41. The summed E-state index contributed by atoms with van der Waals surface area (Å²) in [5.41, 5.74) is -0.190. The summed E-state index contributed by atoms with van der Waals surface area (Å²) in [4.78, 5) is 11.3. The highest BCUT2D eigenvalue weighted by molar-refractivity contribution is 6.55. The predicted molar refractivity (Wildman–Crippen MR) is 91.2 cm³/mol. The van der Waals surface area contributed by atoms with E-state index >= 15 is 0 Å².